The van der Waals surface area contributed by atoms with Gasteiger partial charge in [-0.3, -0.25) is 4.79 Å². The molecule has 1 saturated carbocycles. The minimum absolute atomic E-state index is 0.0392. The number of carbonyl (C=O) groups is 1. The Bertz CT molecular complexity index is 848. The first kappa shape index (κ1) is 12.7. The predicted molar refractivity (Wildman–Crippen MR) is 84.2 cm³/mol. The Morgan fingerprint density at radius 1 is 1.36 bits per heavy atom. The first-order valence-electron chi connectivity index (χ1n) is 7.76. The van der Waals surface area contributed by atoms with Gasteiger partial charge in [-0.2, -0.15) is 0 Å². The van der Waals surface area contributed by atoms with E-state index in [1.165, 1.54) is 16.8 Å². The van der Waals surface area contributed by atoms with Gasteiger partial charge in [-0.05, 0) is 42.9 Å². The number of rotatable bonds is 0. The van der Waals surface area contributed by atoms with E-state index < -0.39 is 0 Å². The average molecular weight is 314 g/mol. The van der Waals surface area contributed by atoms with E-state index in [0.717, 1.165) is 48.9 Å². The average Bonchev–Trinajstić information content (AvgIpc) is 3.16. The SMILES string of the molecule is Cn1c2c(c3c1-c1cc(Cl)ncc1CC3)C(=O)NC1(CC1)C2. The Morgan fingerprint density at radius 2 is 2.18 bits per heavy atom. The summed E-state index contributed by atoms with van der Waals surface area (Å²) in [6, 6.07) is 1.94. The van der Waals surface area contributed by atoms with Gasteiger partial charge in [0.1, 0.15) is 5.15 Å². The van der Waals surface area contributed by atoms with Gasteiger partial charge in [-0.25, -0.2) is 4.98 Å². The Labute approximate surface area is 133 Å². The summed E-state index contributed by atoms with van der Waals surface area (Å²) in [6.45, 7) is 0. The second kappa shape index (κ2) is 3.93. The highest BCUT2D eigenvalue weighted by Crippen LogP contribution is 2.46. The van der Waals surface area contributed by atoms with Crippen molar-refractivity contribution in [2.75, 3.05) is 0 Å². The molecule has 1 N–H and O–H groups in total. The second-order valence-electron chi connectivity index (χ2n) is 6.78. The van der Waals surface area contributed by atoms with Crippen LogP contribution >= 0.6 is 11.6 Å². The number of fused-ring (bicyclic) bond motifs is 5. The molecule has 3 aliphatic rings. The molecule has 2 aliphatic carbocycles. The fraction of sp³-hybridized carbons (Fsp3) is 0.412. The van der Waals surface area contributed by atoms with Gasteiger partial charge in [0.2, 0.25) is 0 Å². The number of carbonyl (C=O) groups excluding carboxylic acids is 1. The smallest absolute Gasteiger partial charge is 0.253 e. The molecule has 1 aliphatic heterocycles. The summed E-state index contributed by atoms with van der Waals surface area (Å²) < 4.78 is 2.22. The van der Waals surface area contributed by atoms with Crippen LogP contribution in [0.15, 0.2) is 12.3 Å². The number of pyridine rings is 1. The number of nitrogens with one attached hydrogen (secondary N) is 1. The van der Waals surface area contributed by atoms with Gasteiger partial charge in [-0.15, -0.1) is 0 Å². The molecule has 5 rings (SSSR count). The van der Waals surface area contributed by atoms with E-state index >= 15 is 0 Å². The van der Waals surface area contributed by atoms with Gasteiger partial charge in [-0.1, -0.05) is 11.6 Å². The Morgan fingerprint density at radius 3 is 2.95 bits per heavy atom. The van der Waals surface area contributed by atoms with Crippen molar-refractivity contribution in [3.05, 3.63) is 39.8 Å². The fourth-order valence-corrected chi connectivity index (χ4v) is 4.28. The van der Waals surface area contributed by atoms with Crippen molar-refractivity contribution in [2.45, 2.75) is 37.6 Å². The maximum Gasteiger partial charge on any atom is 0.253 e. The van der Waals surface area contributed by atoms with E-state index in [9.17, 15) is 4.79 Å². The Hall–Kier alpha value is -1.81. The first-order chi connectivity index (χ1) is 10.6. The maximum absolute atomic E-state index is 12.6. The van der Waals surface area contributed by atoms with Gasteiger partial charge >= 0.3 is 0 Å². The van der Waals surface area contributed by atoms with Crippen molar-refractivity contribution < 1.29 is 4.79 Å². The molecule has 3 heterocycles. The molecular weight excluding hydrogens is 298 g/mol. The third-order valence-corrected chi connectivity index (χ3v) is 5.64. The molecule has 0 unspecified atom stereocenters. The molecule has 0 saturated heterocycles. The summed E-state index contributed by atoms with van der Waals surface area (Å²) in [5.41, 5.74) is 6.83. The van der Waals surface area contributed by atoms with Crippen LogP contribution in [0.4, 0.5) is 0 Å². The quantitative estimate of drug-likeness (QED) is 0.760. The maximum atomic E-state index is 12.6. The zero-order valence-corrected chi connectivity index (χ0v) is 13.1. The Kier molecular flexibility index (Phi) is 2.27. The third kappa shape index (κ3) is 1.53. The van der Waals surface area contributed by atoms with Gasteiger partial charge < -0.3 is 9.88 Å². The summed E-state index contributed by atoms with van der Waals surface area (Å²) in [4.78, 5) is 16.8. The second-order valence-corrected chi connectivity index (χ2v) is 7.17. The molecule has 112 valence electrons. The third-order valence-electron chi connectivity index (χ3n) is 5.43. The normalized spacial score (nSPS) is 20.2. The van der Waals surface area contributed by atoms with Crippen LogP contribution in [0.1, 0.15) is 40.0 Å². The summed E-state index contributed by atoms with van der Waals surface area (Å²) in [6.07, 6.45) is 6.83. The highest BCUT2D eigenvalue weighted by Gasteiger charge is 2.49. The number of nitrogens with zero attached hydrogens (tertiary/aromatic N) is 2. The summed E-state index contributed by atoms with van der Waals surface area (Å²) in [7, 11) is 2.08. The molecule has 0 radical (unpaired) electrons. The van der Waals surface area contributed by atoms with Crippen LogP contribution in [0.2, 0.25) is 5.15 Å². The molecule has 5 heteroatoms. The van der Waals surface area contributed by atoms with E-state index in [2.05, 4.69) is 21.9 Å². The molecule has 0 aromatic carbocycles. The van der Waals surface area contributed by atoms with Crippen LogP contribution in [0, 0.1) is 0 Å². The lowest BCUT2D eigenvalue weighted by Crippen LogP contribution is -2.43. The molecule has 1 spiro atoms. The van der Waals surface area contributed by atoms with Gasteiger partial charge in [0.15, 0.2) is 0 Å². The zero-order valence-electron chi connectivity index (χ0n) is 12.4. The number of aryl methyl sites for hydroxylation is 1. The topological polar surface area (TPSA) is 46.9 Å². The molecule has 2 aromatic heterocycles. The minimum atomic E-state index is 0.0392. The molecule has 0 bridgehead atoms. The lowest BCUT2D eigenvalue weighted by Gasteiger charge is -2.24. The highest BCUT2D eigenvalue weighted by atomic mass is 35.5. The standard InChI is InChI=1S/C17H16ClN3O/c1-21-12-7-17(4-5-17)20-16(22)14(12)10-3-2-9-8-19-13(18)6-11(9)15(10)21/h6,8H,2-5,7H2,1H3,(H,20,22). The van der Waals surface area contributed by atoms with E-state index in [1.54, 1.807) is 0 Å². The van der Waals surface area contributed by atoms with Crippen LogP contribution in [0.5, 0.6) is 0 Å². The Balaban J connectivity index is 1.79. The number of amides is 1. The fourth-order valence-electron chi connectivity index (χ4n) is 4.12. The van der Waals surface area contributed by atoms with Crippen LogP contribution in [-0.4, -0.2) is 21.0 Å². The van der Waals surface area contributed by atoms with E-state index in [-0.39, 0.29) is 11.4 Å². The predicted octanol–water partition coefficient (Wildman–Crippen LogP) is 2.66. The van der Waals surface area contributed by atoms with Gasteiger partial charge in [0, 0.05) is 36.5 Å². The number of halogens is 1. The molecule has 2 aromatic rings. The monoisotopic (exact) mass is 313 g/mol. The molecule has 1 amide bonds. The van der Waals surface area contributed by atoms with Crippen molar-refractivity contribution in [3.8, 4) is 11.3 Å². The van der Waals surface area contributed by atoms with Crippen LogP contribution in [-0.2, 0) is 26.3 Å². The summed E-state index contributed by atoms with van der Waals surface area (Å²) in [5.74, 6) is 0.110. The van der Waals surface area contributed by atoms with Crippen molar-refractivity contribution in [3.63, 3.8) is 0 Å². The molecule has 0 atom stereocenters. The van der Waals surface area contributed by atoms with Crippen LogP contribution in [0.3, 0.4) is 0 Å². The lowest BCUT2D eigenvalue weighted by atomic mass is 9.88. The van der Waals surface area contributed by atoms with Gasteiger partial charge in [0.25, 0.3) is 5.91 Å². The number of hydrogen-bond donors (Lipinski definition) is 1. The largest absolute Gasteiger partial charge is 0.347 e. The van der Waals surface area contributed by atoms with Crippen molar-refractivity contribution in [1.29, 1.82) is 0 Å². The van der Waals surface area contributed by atoms with E-state index in [0.29, 0.717) is 5.15 Å². The van der Waals surface area contributed by atoms with Crippen molar-refractivity contribution in [1.82, 2.24) is 14.9 Å². The van der Waals surface area contributed by atoms with E-state index in [1.807, 2.05) is 12.3 Å². The molecular formula is C17H16ClN3O. The van der Waals surface area contributed by atoms with Crippen LogP contribution < -0.4 is 5.32 Å². The first-order valence-corrected chi connectivity index (χ1v) is 8.13. The highest BCUT2D eigenvalue weighted by molar-refractivity contribution is 6.29. The summed E-state index contributed by atoms with van der Waals surface area (Å²) in [5, 5.41) is 3.74. The molecule has 22 heavy (non-hydrogen) atoms. The van der Waals surface area contributed by atoms with Gasteiger partial charge in [0.05, 0.1) is 11.3 Å². The lowest BCUT2D eigenvalue weighted by molar-refractivity contribution is 0.0917. The van der Waals surface area contributed by atoms with Crippen LogP contribution in [0.25, 0.3) is 11.3 Å². The molecule has 4 nitrogen and oxygen atoms in total. The van der Waals surface area contributed by atoms with E-state index in [4.69, 9.17) is 11.6 Å². The van der Waals surface area contributed by atoms with Crippen molar-refractivity contribution >= 4 is 17.5 Å². The minimum Gasteiger partial charge on any atom is -0.347 e. The number of aromatic nitrogens is 2. The summed E-state index contributed by atoms with van der Waals surface area (Å²) >= 11 is 6.11. The molecule has 1 fully saturated rings. The number of hydrogen-bond acceptors (Lipinski definition) is 2. The van der Waals surface area contributed by atoms with Crippen molar-refractivity contribution in [2.24, 2.45) is 7.05 Å². The zero-order chi connectivity index (χ0) is 15.1.